The molecule has 0 radical (unpaired) electrons. The van der Waals surface area contributed by atoms with Gasteiger partial charge in [-0.3, -0.25) is 10.8 Å². The number of nitrogens with zero attached hydrogens (tertiary/aromatic N) is 2. The van der Waals surface area contributed by atoms with Crippen molar-refractivity contribution in [3.8, 4) is 0 Å². The summed E-state index contributed by atoms with van der Waals surface area (Å²) < 4.78 is 18.7. The Bertz CT molecular complexity index is 881. The molecule has 6 nitrogen and oxygen atoms in total. The van der Waals surface area contributed by atoms with Crippen LogP contribution < -0.4 is 0 Å². The summed E-state index contributed by atoms with van der Waals surface area (Å²) in [6.45, 7) is 4.07. The van der Waals surface area contributed by atoms with E-state index in [0.29, 0.717) is 31.4 Å². The second-order valence-corrected chi connectivity index (χ2v) is 6.65. The number of hydrogen-bond donors (Lipinski definition) is 3. The zero-order valence-electron chi connectivity index (χ0n) is 14.5. The molecule has 0 atom stereocenters. The number of morpholine rings is 1. The van der Waals surface area contributed by atoms with Crippen LogP contribution in [0.1, 0.15) is 11.3 Å². The molecule has 7 heteroatoms. The van der Waals surface area contributed by atoms with E-state index >= 15 is 0 Å². The molecule has 0 amide bonds. The second kappa shape index (κ2) is 6.92. The van der Waals surface area contributed by atoms with E-state index in [0.717, 1.165) is 48.2 Å². The number of rotatable bonds is 2. The number of aromatic amines is 1. The van der Waals surface area contributed by atoms with Gasteiger partial charge in [0.15, 0.2) is 0 Å². The first-order chi connectivity index (χ1) is 12.6. The average Bonchev–Trinajstić information content (AvgIpc) is 3.03. The third-order valence-corrected chi connectivity index (χ3v) is 5.03. The maximum atomic E-state index is 13.4. The maximum Gasteiger partial charge on any atom is 0.125 e. The van der Waals surface area contributed by atoms with Gasteiger partial charge in [0.25, 0.3) is 0 Å². The first kappa shape index (κ1) is 16.8. The molecule has 136 valence electrons. The van der Waals surface area contributed by atoms with Crippen molar-refractivity contribution in [3.05, 3.63) is 47.4 Å². The van der Waals surface area contributed by atoms with Gasteiger partial charge in [0, 0.05) is 54.8 Å². The highest BCUT2D eigenvalue weighted by molar-refractivity contribution is 5.99. The number of hydrogen-bond acceptors (Lipinski definition) is 3. The summed E-state index contributed by atoms with van der Waals surface area (Å²) in [5.74, 6) is 0.564. The fourth-order valence-electron chi connectivity index (χ4n) is 3.57. The molecule has 0 aliphatic carbocycles. The molecule has 0 spiro atoms. The number of amidine groups is 2. The molecular weight excluding hydrogens is 333 g/mol. The number of halogens is 1. The molecule has 2 aromatic rings. The maximum absolute atomic E-state index is 13.4. The molecule has 2 aliphatic heterocycles. The minimum absolute atomic E-state index is 0.245. The zero-order valence-corrected chi connectivity index (χ0v) is 14.5. The van der Waals surface area contributed by atoms with Crippen molar-refractivity contribution in [1.82, 2.24) is 14.8 Å². The van der Waals surface area contributed by atoms with Crippen molar-refractivity contribution in [2.75, 3.05) is 32.8 Å². The van der Waals surface area contributed by atoms with Gasteiger partial charge in [-0.1, -0.05) is 0 Å². The molecule has 1 aromatic carbocycles. The summed E-state index contributed by atoms with van der Waals surface area (Å²) in [5.41, 5.74) is 3.07. The molecule has 0 unspecified atom stereocenters. The molecule has 1 aromatic heterocycles. The van der Waals surface area contributed by atoms with E-state index in [1.165, 1.54) is 12.1 Å². The van der Waals surface area contributed by atoms with Crippen LogP contribution in [0.5, 0.6) is 0 Å². The van der Waals surface area contributed by atoms with Crippen LogP contribution in [0.25, 0.3) is 10.9 Å². The third kappa shape index (κ3) is 3.22. The zero-order chi connectivity index (χ0) is 18.1. The molecule has 2 aliphatic rings. The SMILES string of the molecule is N=C(/C=C\C(=N)N1CCc2[nH]c3cc(F)ccc3c2C1)N1CCOCC1. The topological polar surface area (TPSA) is 79.2 Å². The van der Waals surface area contributed by atoms with E-state index in [2.05, 4.69) is 4.98 Å². The highest BCUT2D eigenvalue weighted by atomic mass is 19.1. The van der Waals surface area contributed by atoms with E-state index in [1.807, 2.05) is 9.80 Å². The van der Waals surface area contributed by atoms with E-state index in [9.17, 15) is 4.39 Å². The van der Waals surface area contributed by atoms with Gasteiger partial charge in [0.1, 0.15) is 17.5 Å². The summed E-state index contributed by atoms with van der Waals surface area (Å²) in [6, 6.07) is 4.80. The first-order valence-electron chi connectivity index (χ1n) is 8.83. The third-order valence-electron chi connectivity index (χ3n) is 5.03. The standard InChI is InChI=1S/C19H22FN5O/c20-13-1-2-14-15-12-25(6-5-16(15)23-17(14)11-13)19(22)4-3-18(21)24-7-9-26-10-8-24/h1-4,11,21-23H,5-10,12H2/b4-3-,21-18?,22-19?. The lowest BCUT2D eigenvalue weighted by atomic mass is 10.0. The lowest BCUT2D eigenvalue weighted by Gasteiger charge is -2.29. The van der Waals surface area contributed by atoms with Gasteiger partial charge >= 0.3 is 0 Å². The molecular formula is C19H22FN5O. The number of aromatic nitrogens is 1. The Balaban J connectivity index is 1.46. The van der Waals surface area contributed by atoms with E-state index in [-0.39, 0.29) is 5.82 Å². The Morgan fingerprint density at radius 2 is 1.81 bits per heavy atom. The number of benzene rings is 1. The van der Waals surface area contributed by atoms with Crippen molar-refractivity contribution < 1.29 is 9.13 Å². The molecule has 3 heterocycles. The molecule has 1 saturated heterocycles. The minimum atomic E-state index is -0.245. The fourth-order valence-corrected chi connectivity index (χ4v) is 3.57. The predicted octanol–water partition coefficient (Wildman–Crippen LogP) is 2.51. The van der Waals surface area contributed by atoms with Crippen molar-refractivity contribution in [3.63, 3.8) is 0 Å². The van der Waals surface area contributed by atoms with E-state index in [1.54, 1.807) is 18.2 Å². The van der Waals surface area contributed by atoms with E-state index in [4.69, 9.17) is 15.6 Å². The van der Waals surface area contributed by atoms with Crippen LogP contribution >= 0.6 is 0 Å². The molecule has 4 rings (SSSR count). The summed E-state index contributed by atoms with van der Waals surface area (Å²) in [4.78, 5) is 7.24. The van der Waals surface area contributed by atoms with Crippen LogP contribution in [-0.4, -0.2) is 59.3 Å². The molecule has 3 N–H and O–H groups in total. The predicted molar refractivity (Wildman–Crippen MR) is 99.4 cm³/mol. The van der Waals surface area contributed by atoms with Crippen LogP contribution in [0.4, 0.5) is 4.39 Å². The van der Waals surface area contributed by atoms with Gasteiger partial charge < -0.3 is 19.5 Å². The van der Waals surface area contributed by atoms with Gasteiger partial charge in [0.2, 0.25) is 0 Å². The van der Waals surface area contributed by atoms with Crippen LogP contribution in [0.3, 0.4) is 0 Å². The van der Waals surface area contributed by atoms with Gasteiger partial charge in [-0.2, -0.15) is 0 Å². The summed E-state index contributed by atoms with van der Waals surface area (Å²) in [7, 11) is 0. The quantitative estimate of drug-likeness (QED) is 0.572. The van der Waals surface area contributed by atoms with Gasteiger partial charge in [0.05, 0.1) is 13.2 Å². The number of H-pyrrole nitrogens is 1. The lowest BCUT2D eigenvalue weighted by molar-refractivity contribution is 0.0681. The number of nitrogens with one attached hydrogen (secondary N) is 3. The Morgan fingerprint density at radius 3 is 2.58 bits per heavy atom. The lowest BCUT2D eigenvalue weighted by Crippen LogP contribution is -2.39. The van der Waals surface area contributed by atoms with Gasteiger partial charge in [-0.15, -0.1) is 0 Å². The van der Waals surface area contributed by atoms with Crippen LogP contribution in [-0.2, 0) is 17.7 Å². The van der Waals surface area contributed by atoms with E-state index < -0.39 is 0 Å². The minimum Gasteiger partial charge on any atom is -0.378 e. The number of ether oxygens (including phenoxy) is 1. The van der Waals surface area contributed by atoms with Crippen molar-refractivity contribution in [2.45, 2.75) is 13.0 Å². The van der Waals surface area contributed by atoms with Crippen molar-refractivity contribution in [2.24, 2.45) is 0 Å². The summed E-state index contributed by atoms with van der Waals surface area (Å²) in [6.07, 6.45) is 4.17. The molecule has 0 saturated carbocycles. The second-order valence-electron chi connectivity index (χ2n) is 6.65. The van der Waals surface area contributed by atoms with Gasteiger partial charge in [-0.05, 0) is 30.4 Å². The normalized spacial score (nSPS) is 17.7. The Kier molecular flexibility index (Phi) is 4.46. The Labute approximate surface area is 151 Å². The largest absolute Gasteiger partial charge is 0.378 e. The highest BCUT2D eigenvalue weighted by Crippen LogP contribution is 2.28. The van der Waals surface area contributed by atoms with Crippen LogP contribution in [0.15, 0.2) is 30.4 Å². The monoisotopic (exact) mass is 355 g/mol. The Morgan fingerprint density at radius 1 is 1.08 bits per heavy atom. The van der Waals surface area contributed by atoms with Crippen molar-refractivity contribution >= 4 is 22.6 Å². The molecule has 26 heavy (non-hydrogen) atoms. The van der Waals surface area contributed by atoms with Crippen molar-refractivity contribution in [1.29, 1.82) is 10.8 Å². The smallest absolute Gasteiger partial charge is 0.125 e. The molecule has 1 fully saturated rings. The average molecular weight is 355 g/mol. The van der Waals surface area contributed by atoms with Crippen LogP contribution in [0, 0.1) is 16.6 Å². The highest BCUT2D eigenvalue weighted by Gasteiger charge is 2.22. The van der Waals surface area contributed by atoms with Gasteiger partial charge in [-0.25, -0.2) is 4.39 Å². The summed E-state index contributed by atoms with van der Waals surface area (Å²) >= 11 is 0. The fraction of sp³-hybridized carbons (Fsp3) is 0.368. The van der Waals surface area contributed by atoms with Crippen LogP contribution in [0.2, 0.25) is 0 Å². The molecule has 0 bridgehead atoms. The number of fused-ring (bicyclic) bond motifs is 3. The Hall–Kier alpha value is -2.67. The summed E-state index contributed by atoms with van der Waals surface area (Å²) in [5, 5.41) is 17.5. The first-order valence-corrected chi connectivity index (χ1v) is 8.83.